The number of hydrogen-bond donors (Lipinski definition) is 1. The van der Waals surface area contributed by atoms with Gasteiger partial charge in [0, 0.05) is 24.9 Å². The lowest BCUT2D eigenvalue weighted by Crippen LogP contribution is -2.33. The Morgan fingerprint density at radius 3 is 2.50 bits per heavy atom. The van der Waals surface area contributed by atoms with E-state index in [9.17, 15) is 0 Å². The fourth-order valence-electron chi connectivity index (χ4n) is 1.81. The van der Waals surface area contributed by atoms with Crippen LogP contribution in [0.25, 0.3) is 0 Å². The number of hydrogen-bond acceptors (Lipinski definition) is 3. The first kappa shape index (κ1) is 13.1. The van der Waals surface area contributed by atoms with E-state index >= 15 is 0 Å². The Hall–Kier alpha value is -0.960. The van der Waals surface area contributed by atoms with Crippen molar-refractivity contribution in [3.63, 3.8) is 0 Å². The van der Waals surface area contributed by atoms with E-state index in [1.807, 2.05) is 18.5 Å². The molecule has 0 fully saturated rings. The normalized spacial score (nSPS) is 13.0. The van der Waals surface area contributed by atoms with Crippen molar-refractivity contribution in [3.8, 4) is 0 Å². The van der Waals surface area contributed by atoms with E-state index in [2.05, 4.69) is 36.1 Å². The second-order valence-corrected chi connectivity index (χ2v) is 4.65. The van der Waals surface area contributed by atoms with Crippen LogP contribution in [0.4, 0.5) is 0 Å². The topological polar surface area (TPSA) is 37.8 Å². The summed E-state index contributed by atoms with van der Waals surface area (Å²) >= 11 is 0. The van der Waals surface area contributed by atoms with Crippen molar-refractivity contribution in [1.82, 2.24) is 15.3 Å². The molecule has 0 radical (unpaired) electrons. The van der Waals surface area contributed by atoms with Crippen LogP contribution in [0.1, 0.15) is 39.4 Å². The van der Waals surface area contributed by atoms with Crippen molar-refractivity contribution in [3.05, 3.63) is 24.3 Å². The minimum atomic E-state index is 0.502. The average Bonchev–Trinajstić information content (AvgIpc) is 2.26. The molecule has 1 rings (SSSR count). The van der Waals surface area contributed by atoms with Crippen LogP contribution < -0.4 is 5.32 Å². The SMILES string of the molecule is CCCNC(Cc1ncccn1)CC(C)C. The van der Waals surface area contributed by atoms with E-state index in [0.717, 1.165) is 18.8 Å². The third-order valence-corrected chi connectivity index (χ3v) is 2.49. The quantitative estimate of drug-likeness (QED) is 0.768. The molecule has 0 aliphatic rings. The summed E-state index contributed by atoms with van der Waals surface area (Å²) in [5, 5.41) is 3.57. The van der Waals surface area contributed by atoms with Gasteiger partial charge in [0.15, 0.2) is 0 Å². The van der Waals surface area contributed by atoms with Gasteiger partial charge in [0.2, 0.25) is 0 Å². The largest absolute Gasteiger partial charge is 0.314 e. The fraction of sp³-hybridized carbons (Fsp3) is 0.692. The van der Waals surface area contributed by atoms with Crippen molar-refractivity contribution in [2.45, 2.75) is 46.1 Å². The van der Waals surface area contributed by atoms with Gasteiger partial charge >= 0.3 is 0 Å². The van der Waals surface area contributed by atoms with Gasteiger partial charge in [0.25, 0.3) is 0 Å². The van der Waals surface area contributed by atoms with Crippen LogP contribution >= 0.6 is 0 Å². The maximum absolute atomic E-state index is 4.28. The first-order valence-electron chi connectivity index (χ1n) is 6.21. The molecule has 1 N–H and O–H groups in total. The van der Waals surface area contributed by atoms with Gasteiger partial charge in [0.05, 0.1) is 0 Å². The van der Waals surface area contributed by atoms with Gasteiger partial charge in [-0.1, -0.05) is 20.8 Å². The van der Waals surface area contributed by atoms with E-state index in [1.165, 1.54) is 12.8 Å². The van der Waals surface area contributed by atoms with Crippen molar-refractivity contribution >= 4 is 0 Å². The molecule has 1 aromatic heterocycles. The van der Waals surface area contributed by atoms with Crippen LogP contribution in [0, 0.1) is 5.92 Å². The Labute approximate surface area is 98.7 Å². The molecular weight excluding hydrogens is 198 g/mol. The Morgan fingerprint density at radius 1 is 1.25 bits per heavy atom. The van der Waals surface area contributed by atoms with Crippen LogP contribution in [0.5, 0.6) is 0 Å². The lowest BCUT2D eigenvalue weighted by molar-refractivity contribution is 0.411. The van der Waals surface area contributed by atoms with Crippen molar-refractivity contribution < 1.29 is 0 Å². The fourth-order valence-corrected chi connectivity index (χ4v) is 1.81. The molecule has 1 heterocycles. The molecule has 0 aliphatic heterocycles. The molecule has 3 nitrogen and oxygen atoms in total. The highest BCUT2D eigenvalue weighted by Gasteiger charge is 2.11. The molecule has 90 valence electrons. The number of nitrogens with one attached hydrogen (secondary N) is 1. The van der Waals surface area contributed by atoms with Crippen LogP contribution in [-0.4, -0.2) is 22.6 Å². The lowest BCUT2D eigenvalue weighted by Gasteiger charge is -2.19. The molecule has 1 unspecified atom stereocenters. The molecule has 0 amide bonds. The van der Waals surface area contributed by atoms with E-state index < -0.39 is 0 Å². The first-order chi connectivity index (χ1) is 7.72. The van der Waals surface area contributed by atoms with Gasteiger partial charge in [-0.15, -0.1) is 0 Å². The van der Waals surface area contributed by atoms with Crippen molar-refractivity contribution in [1.29, 1.82) is 0 Å². The Balaban J connectivity index is 2.49. The third-order valence-electron chi connectivity index (χ3n) is 2.49. The Morgan fingerprint density at radius 2 is 1.94 bits per heavy atom. The van der Waals surface area contributed by atoms with Gasteiger partial charge in [-0.3, -0.25) is 0 Å². The molecule has 0 saturated heterocycles. The summed E-state index contributed by atoms with van der Waals surface area (Å²) in [4.78, 5) is 8.57. The molecule has 0 spiro atoms. The van der Waals surface area contributed by atoms with Crippen LogP contribution in [0.3, 0.4) is 0 Å². The van der Waals surface area contributed by atoms with Gasteiger partial charge in [-0.25, -0.2) is 9.97 Å². The number of nitrogens with zero attached hydrogens (tertiary/aromatic N) is 2. The molecule has 3 heteroatoms. The second kappa shape index (κ2) is 7.34. The standard InChI is InChI=1S/C13H23N3/c1-4-6-14-12(9-11(2)3)10-13-15-7-5-8-16-13/h5,7-8,11-12,14H,4,6,9-10H2,1-3H3. The Kier molecular flexibility index (Phi) is 6.01. The van der Waals surface area contributed by atoms with Crippen LogP contribution in [0.2, 0.25) is 0 Å². The molecular formula is C13H23N3. The predicted molar refractivity (Wildman–Crippen MR) is 67.3 cm³/mol. The van der Waals surface area contributed by atoms with Crippen LogP contribution in [0.15, 0.2) is 18.5 Å². The maximum Gasteiger partial charge on any atom is 0.129 e. The van der Waals surface area contributed by atoms with E-state index in [4.69, 9.17) is 0 Å². The molecule has 1 atom stereocenters. The van der Waals surface area contributed by atoms with E-state index in [1.54, 1.807) is 0 Å². The predicted octanol–water partition coefficient (Wildman–Crippen LogP) is 2.43. The molecule has 0 aliphatic carbocycles. The van der Waals surface area contributed by atoms with Gasteiger partial charge in [0.1, 0.15) is 5.82 Å². The first-order valence-corrected chi connectivity index (χ1v) is 6.21. The zero-order valence-electron chi connectivity index (χ0n) is 10.6. The summed E-state index contributed by atoms with van der Waals surface area (Å²) in [6, 6.07) is 2.36. The lowest BCUT2D eigenvalue weighted by atomic mass is 10.0. The zero-order chi connectivity index (χ0) is 11.8. The molecule has 0 bridgehead atoms. The molecule has 0 saturated carbocycles. The number of aromatic nitrogens is 2. The summed E-state index contributed by atoms with van der Waals surface area (Å²) in [6.07, 6.45) is 6.91. The van der Waals surface area contributed by atoms with Crippen molar-refractivity contribution in [2.24, 2.45) is 5.92 Å². The highest BCUT2D eigenvalue weighted by molar-refractivity contribution is 4.92. The highest BCUT2D eigenvalue weighted by atomic mass is 14.9. The second-order valence-electron chi connectivity index (χ2n) is 4.65. The highest BCUT2D eigenvalue weighted by Crippen LogP contribution is 2.08. The molecule has 16 heavy (non-hydrogen) atoms. The average molecular weight is 221 g/mol. The Bertz CT molecular complexity index is 272. The van der Waals surface area contributed by atoms with Crippen LogP contribution in [-0.2, 0) is 6.42 Å². The van der Waals surface area contributed by atoms with Gasteiger partial charge in [-0.2, -0.15) is 0 Å². The zero-order valence-corrected chi connectivity index (χ0v) is 10.6. The summed E-state index contributed by atoms with van der Waals surface area (Å²) in [5.41, 5.74) is 0. The maximum atomic E-state index is 4.28. The van der Waals surface area contributed by atoms with Gasteiger partial charge < -0.3 is 5.32 Å². The summed E-state index contributed by atoms with van der Waals surface area (Å²) < 4.78 is 0. The summed E-state index contributed by atoms with van der Waals surface area (Å²) in [5.74, 6) is 1.65. The summed E-state index contributed by atoms with van der Waals surface area (Å²) in [6.45, 7) is 7.78. The molecule has 0 aromatic carbocycles. The minimum absolute atomic E-state index is 0.502. The third kappa shape index (κ3) is 5.21. The monoisotopic (exact) mass is 221 g/mol. The smallest absolute Gasteiger partial charge is 0.129 e. The number of rotatable bonds is 7. The van der Waals surface area contributed by atoms with E-state index in [-0.39, 0.29) is 0 Å². The minimum Gasteiger partial charge on any atom is -0.314 e. The molecule has 1 aromatic rings. The van der Waals surface area contributed by atoms with Crippen molar-refractivity contribution in [2.75, 3.05) is 6.54 Å². The van der Waals surface area contributed by atoms with Gasteiger partial charge in [-0.05, 0) is 31.4 Å². The summed E-state index contributed by atoms with van der Waals surface area (Å²) in [7, 11) is 0. The van der Waals surface area contributed by atoms with E-state index in [0.29, 0.717) is 12.0 Å².